The predicted octanol–water partition coefficient (Wildman–Crippen LogP) is 2.43. The van der Waals surface area contributed by atoms with Gasteiger partial charge in [0.1, 0.15) is 16.0 Å². The standard InChI is InChI=1S/C16H20N2O4S2/c1-11-9-15(23-12(11)2)24(20,21)18-7-3-6-14(18)16(19)17-10-13-5-4-8-22-13/h4-5,8-9,14H,3,6-7,10H2,1-2H3,(H,17,19). The summed E-state index contributed by atoms with van der Waals surface area (Å²) in [5.74, 6) is 0.359. The molecule has 1 unspecified atom stereocenters. The minimum absolute atomic E-state index is 0.257. The van der Waals surface area contributed by atoms with Gasteiger partial charge in [0.25, 0.3) is 10.0 Å². The lowest BCUT2D eigenvalue weighted by molar-refractivity contribution is -0.124. The second-order valence-corrected chi connectivity index (χ2v) is 9.25. The molecule has 3 heterocycles. The van der Waals surface area contributed by atoms with Gasteiger partial charge in [0, 0.05) is 11.4 Å². The minimum atomic E-state index is -3.64. The highest BCUT2D eigenvalue weighted by atomic mass is 32.2. The summed E-state index contributed by atoms with van der Waals surface area (Å²) < 4.78 is 32.6. The van der Waals surface area contributed by atoms with Crippen LogP contribution in [0.5, 0.6) is 0 Å². The van der Waals surface area contributed by atoms with Crippen molar-refractivity contribution in [3.8, 4) is 0 Å². The molecule has 6 nitrogen and oxygen atoms in total. The zero-order chi connectivity index (χ0) is 17.3. The monoisotopic (exact) mass is 368 g/mol. The van der Waals surface area contributed by atoms with Crippen LogP contribution in [-0.4, -0.2) is 31.2 Å². The van der Waals surface area contributed by atoms with Crippen molar-refractivity contribution in [1.82, 2.24) is 9.62 Å². The molecule has 1 N–H and O–H groups in total. The first-order chi connectivity index (χ1) is 11.4. The minimum Gasteiger partial charge on any atom is -0.467 e. The molecule has 0 spiro atoms. The van der Waals surface area contributed by atoms with Gasteiger partial charge >= 0.3 is 0 Å². The summed E-state index contributed by atoms with van der Waals surface area (Å²) in [6, 6.07) is 4.54. The van der Waals surface area contributed by atoms with Crippen molar-refractivity contribution in [3.63, 3.8) is 0 Å². The highest BCUT2D eigenvalue weighted by Gasteiger charge is 2.40. The fourth-order valence-corrected chi connectivity index (χ4v) is 6.08. The Labute approximate surface area is 145 Å². The molecular formula is C16H20N2O4S2. The van der Waals surface area contributed by atoms with Crippen LogP contribution in [0.3, 0.4) is 0 Å². The fraction of sp³-hybridized carbons (Fsp3) is 0.438. The molecule has 0 aromatic carbocycles. The Hall–Kier alpha value is -1.64. The first kappa shape index (κ1) is 17.2. The van der Waals surface area contributed by atoms with Gasteiger partial charge in [0.2, 0.25) is 5.91 Å². The van der Waals surface area contributed by atoms with Crippen molar-refractivity contribution in [2.75, 3.05) is 6.54 Å². The zero-order valence-corrected chi connectivity index (χ0v) is 15.2. The third-order valence-corrected chi connectivity index (χ3v) is 7.74. The van der Waals surface area contributed by atoms with Crippen LogP contribution in [0.2, 0.25) is 0 Å². The van der Waals surface area contributed by atoms with Crippen LogP contribution < -0.4 is 5.32 Å². The van der Waals surface area contributed by atoms with E-state index in [1.54, 1.807) is 18.2 Å². The Morgan fingerprint density at radius 3 is 2.88 bits per heavy atom. The molecule has 1 aliphatic rings. The van der Waals surface area contributed by atoms with Crippen molar-refractivity contribution in [3.05, 3.63) is 40.7 Å². The third kappa shape index (κ3) is 3.26. The van der Waals surface area contributed by atoms with Gasteiger partial charge in [-0.25, -0.2) is 8.42 Å². The van der Waals surface area contributed by atoms with Crippen LogP contribution in [0.15, 0.2) is 33.1 Å². The predicted molar refractivity (Wildman–Crippen MR) is 91.3 cm³/mol. The molecule has 130 valence electrons. The number of nitrogens with one attached hydrogen (secondary N) is 1. The first-order valence-corrected chi connectivity index (χ1v) is 10.0. The summed E-state index contributed by atoms with van der Waals surface area (Å²) in [7, 11) is -3.64. The number of nitrogens with zero attached hydrogens (tertiary/aromatic N) is 1. The van der Waals surface area contributed by atoms with E-state index < -0.39 is 16.1 Å². The van der Waals surface area contributed by atoms with E-state index >= 15 is 0 Å². The van der Waals surface area contributed by atoms with E-state index in [4.69, 9.17) is 4.42 Å². The lowest BCUT2D eigenvalue weighted by atomic mass is 10.2. The average molecular weight is 368 g/mol. The normalized spacial score (nSPS) is 18.8. The Morgan fingerprint density at radius 1 is 1.46 bits per heavy atom. The summed E-state index contributed by atoms with van der Waals surface area (Å²) in [4.78, 5) is 13.4. The van der Waals surface area contributed by atoms with Crippen LogP contribution >= 0.6 is 11.3 Å². The molecule has 24 heavy (non-hydrogen) atoms. The molecule has 1 amide bonds. The second kappa shape index (κ2) is 6.70. The zero-order valence-electron chi connectivity index (χ0n) is 13.6. The van der Waals surface area contributed by atoms with E-state index in [2.05, 4.69) is 5.32 Å². The lowest BCUT2D eigenvalue weighted by Gasteiger charge is -2.22. The maximum atomic E-state index is 12.9. The number of rotatable bonds is 5. The van der Waals surface area contributed by atoms with Gasteiger partial charge in [-0.3, -0.25) is 4.79 Å². The van der Waals surface area contributed by atoms with Gasteiger partial charge in [-0.2, -0.15) is 4.31 Å². The van der Waals surface area contributed by atoms with Crippen molar-refractivity contribution >= 4 is 27.3 Å². The number of carbonyl (C=O) groups excluding carboxylic acids is 1. The molecule has 1 saturated heterocycles. The number of thiophene rings is 1. The molecule has 0 aliphatic carbocycles. The van der Waals surface area contributed by atoms with Crippen LogP contribution in [0.1, 0.15) is 29.0 Å². The van der Waals surface area contributed by atoms with Crippen LogP contribution in [0, 0.1) is 13.8 Å². The van der Waals surface area contributed by atoms with Gasteiger partial charge in [0.05, 0.1) is 12.8 Å². The molecule has 8 heteroatoms. The first-order valence-electron chi connectivity index (χ1n) is 7.78. The highest BCUT2D eigenvalue weighted by molar-refractivity contribution is 7.91. The van der Waals surface area contributed by atoms with E-state index in [9.17, 15) is 13.2 Å². The molecule has 0 radical (unpaired) electrons. The molecule has 1 aliphatic heterocycles. The number of furan rings is 1. The van der Waals surface area contributed by atoms with Crippen molar-refractivity contribution in [1.29, 1.82) is 0 Å². The maximum Gasteiger partial charge on any atom is 0.253 e. The van der Waals surface area contributed by atoms with Gasteiger partial charge in [-0.15, -0.1) is 11.3 Å². The number of hydrogen-bond acceptors (Lipinski definition) is 5. The number of carbonyl (C=O) groups is 1. The number of sulfonamides is 1. The number of aryl methyl sites for hydroxylation is 2. The van der Waals surface area contributed by atoms with Crippen LogP contribution in [-0.2, 0) is 21.4 Å². The summed E-state index contributed by atoms with van der Waals surface area (Å²) >= 11 is 1.26. The van der Waals surface area contributed by atoms with E-state index in [-0.39, 0.29) is 12.5 Å². The Balaban J connectivity index is 1.75. The van der Waals surface area contributed by atoms with Gasteiger partial charge < -0.3 is 9.73 Å². The molecule has 0 saturated carbocycles. The largest absolute Gasteiger partial charge is 0.467 e. The quantitative estimate of drug-likeness (QED) is 0.879. The van der Waals surface area contributed by atoms with Crippen LogP contribution in [0.25, 0.3) is 0 Å². The molecule has 3 rings (SSSR count). The summed E-state index contributed by atoms with van der Waals surface area (Å²) in [6.45, 7) is 4.42. The maximum absolute atomic E-state index is 12.9. The average Bonchev–Trinajstić information content (AvgIpc) is 3.26. The molecule has 0 bridgehead atoms. The van der Waals surface area contributed by atoms with Gasteiger partial charge in [-0.1, -0.05) is 0 Å². The summed E-state index contributed by atoms with van der Waals surface area (Å²) in [6.07, 6.45) is 2.75. The Morgan fingerprint density at radius 2 is 2.25 bits per heavy atom. The SMILES string of the molecule is Cc1cc(S(=O)(=O)N2CCCC2C(=O)NCc2ccco2)sc1C. The van der Waals surface area contributed by atoms with Crippen molar-refractivity contribution in [2.45, 2.75) is 43.5 Å². The van der Waals surface area contributed by atoms with E-state index in [1.165, 1.54) is 21.9 Å². The van der Waals surface area contributed by atoms with Crippen molar-refractivity contribution in [2.24, 2.45) is 0 Å². The molecule has 2 aromatic rings. The number of hydrogen-bond donors (Lipinski definition) is 1. The highest BCUT2D eigenvalue weighted by Crippen LogP contribution is 2.32. The topological polar surface area (TPSA) is 79.6 Å². The number of amides is 1. The Bertz CT molecular complexity index is 805. The summed E-state index contributed by atoms with van der Waals surface area (Å²) in [5, 5.41) is 2.76. The fourth-order valence-electron chi connectivity index (χ4n) is 2.78. The van der Waals surface area contributed by atoms with E-state index in [0.29, 0.717) is 29.4 Å². The Kier molecular flexibility index (Phi) is 4.80. The van der Waals surface area contributed by atoms with E-state index in [0.717, 1.165) is 10.4 Å². The smallest absolute Gasteiger partial charge is 0.253 e. The molecule has 2 aromatic heterocycles. The molecular weight excluding hydrogens is 348 g/mol. The van der Waals surface area contributed by atoms with Gasteiger partial charge in [-0.05, 0) is 50.5 Å². The van der Waals surface area contributed by atoms with E-state index in [1.807, 2.05) is 13.8 Å². The molecule has 1 fully saturated rings. The molecule has 1 atom stereocenters. The lowest BCUT2D eigenvalue weighted by Crippen LogP contribution is -2.45. The van der Waals surface area contributed by atoms with Crippen LogP contribution in [0.4, 0.5) is 0 Å². The second-order valence-electron chi connectivity index (χ2n) is 5.88. The van der Waals surface area contributed by atoms with Gasteiger partial charge in [0.15, 0.2) is 0 Å². The van der Waals surface area contributed by atoms with Crippen molar-refractivity contribution < 1.29 is 17.6 Å². The summed E-state index contributed by atoms with van der Waals surface area (Å²) in [5.41, 5.74) is 0.955. The third-order valence-electron chi connectivity index (χ3n) is 4.23.